The second-order valence-corrected chi connectivity index (χ2v) is 5.89. The minimum atomic E-state index is -0.673. The number of aromatic nitrogens is 1. The van der Waals surface area contributed by atoms with E-state index in [1.165, 1.54) is 25.1 Å². The number of nitrogens with zero attached hydrogens (tertiary/aromatic N) is 2. The maximum absolute atomic E-state index is 13.5. The summed E-state index contributed by atoms with van der Waals surface area (Å²) < 4.78 is 20.0. The third-order valence-electron chi connectivity index (χ3n) is 4.45. The number of hydrogen-bond donors (Lipinski definition) is 1. The number of carbonyl (C=O) groups is 1. The second kappa shape index (κ2) is 6.15. The van der Waals surface area contributed by atoms with E-state index in [1.807, 2.05) is 0 Å². The molecule has 0 atom stereocenters. The fraction of sp³-hybridized carbons (Fsp3) is 0.211. The average Bonchev–Trinajstić information content (AvgIpc) is 2.92. The van der Waals surface area contributed by atoms with E-state index < -0.39 is 23.0 Å². The predicted molar refractivity (Wildman–Crippen MR) is 91.8 cm³/mol. The van der Waals surface area contributed by atoms with E-state index in [4.69, 9.17) is 4.42 Å². The number of halogens is 1. The Kier molecular flexibility index (Phi) is 4.12. The molecule has 1 aromatic carbocycles. The number of rotatable bonds is 3. The zero-order valence-electron chi connectivity index (χ0n) is 14.4. The molecule has 0 bridgehead atoms. The first-order valence-electron chi connectivity index (χ1n) is 7.91. The van der Waals surface area contributed by atoms with E-state index in [1.54, 1.807) is 19.9 Å². The van der Waals surface area contributed by atoms with Gasteiger partial charge in [-0.1, -0.05) is 0 Å². The predicted octanol–water partition coefficient (Wildman–Crippen LogP) is 3.18. The van der Waals surface area contributed by atoms with Crippen molar-refractivity contribution in [1.82, 2.24) is 4.57 Å². The van der Waals surface area contributed by atoms with Crippen LogP contribution in [0.2, 0.25) is 0 Å². The molecule has 3 aromatic rings. The molecule has 0 fully saturated rings. The minimum absolute atomic E-state index is 0.0748. The molecule has 0 saturated heterocycles. The number of ketones is 1. The van der Waals surface area contributed by atoms with E-state index in [9.17, 15) is 24.3 Å². The Morgan fingerprint density at radius 3 is 2.65 bits per heavy atom. The summed E-state index contributed by atoms with van der Waals surface area (Å²) in [6.07, 6.45) is 0. The van der Waals surface area contributed by atoms with Gasteiger partial charge in [-0.3, -0.25) is 14.2 Å². The van der Waals surface area contributed by atoms with Gasteiger partial charge in [0, 0.05) is 17.5 Å². The molecule has 0 radical (unpaired) electrons. The smallest absolute Gasteiger partial charge is 0.271 e. The maximum Gasteiger partial charge on any atom is 0.271 e. The molecule has 1 N–H and O–H groups in total. The Bertz CT molecular complexity index is 1170. The molecule has 7 heteroatoms. The van der Waals surface area contributed by atoms with Crippen LogP contribution in [0, 0.1) is 31.0 Å². The third kappa shape index (κ3) is 2.39. The van der Waals surface area contributed by atoms with Gasteiger partial charge in [-0.25, -0.2) is 4.39 Å². The molecule has 2 aromatic heterocycles. The summed E-state index contributed by atoms with van der Waals surface area (Å²) in [7, 11) is 0. The number of hydrogen-bond acceptors (Lipinski definition) is 5. The van der Waals surface area contributed by atoms with Crippen molar-refractivity contribution in [1.29, 1.82) is 5.26 Å². The van der Waals surface area contributed by atoms with Gasteiger partial charge in [-0.15, -0.1) is 0 Å². The van der Waals surface area contributed by atoms with Crippen LogP contribution >= 0.6 is 0 Å². The number of pyridine rings is 1. The highest BCUT2D eigenvalue weighted by Crippen LogP contribution is 2.31. The summed E-state index contributed by atoms with van der Waals surface area (Å²) >= 11 is 0. The minimum Gasteiger partial charge on any atom is -0.494 e. The van der Waals surface area contributed by atoms with Gasteiger partial charge in [0.15, 0.2) is 5.76 Å². The van der Waals surface area contributed by atoms with E-state index in [-0.39, 0.29) is 29.0 Å². The topological polar surface area (TPSA) is 96.2 Å². The van der Waals surface area contributed by atoms with Crippen molar-refractivity contribution in [3.8, 4) is 11.9 Å². The fourth-order valence-electron chi connectivity index (χ4n) is 3.04. The molecule has 0 unspecified atom stereocenters. The third-order valence-corrected chi connectivity index (χ3v) is 4.45. The van der Waals surface area contributed by atoms with Crippen molar-refractivity contribution in [3.05, 3.63) is 62.4 Å². The van der Waals surface area contributed by atoms with Crippen molar-refractivity contribution in [2.75, 3.05) is 0 Å². The van der Waals surface area contributed by atoms with Crippen molar-refractivity contribution in [3.63, 3.8) is 0 Å². The number of furan rings is 1. The highest BCUT2D eigenvalue weighted by molar-refractivity contribution is 6.12. The molecule has 2 heterocycles. The first-order chi connectivity index (χ1) is 12.3. The van der Waals surface area contributed by atoms with Crippen LogP contribution in [0.4, 0.5) is 4.39 Å². The van der Waals surface area contributed by atoms with Crippen LogP contribution in [0.15, 0.2) is 27.4 Å². The summed E-state index contributed by atoms with van der Waals surface area (Å²) in [5.41, 5.74) is -0.233. The lowest BCUT2D eigenvalue weighted by molar-refractivity contribution is 0.101. The Morgan fingerprint density at radius 2 is 2.04 bits per heavy atom. The molecule has 3 rings (SSSR count). The fourth-order valence-corrected chi connectivity index (χ4v) is 3.04. The summed E-state index contributed by atoms with van der Waals surface area (Å²) in [6.45, 7) is 4.72. The number of carbonyl (C=O) groups excluding carboxylic acids is 1. The molecule has 0 aliphatic heterocycles. The van der Waals surface area contributed by atoms with Crippen molar-refractivity contribution < 1.29 is 18.7 Å². The van der Waals surface area contributed by atoms with Gasteiger partial charge < -0.3 is 9.52 Å². The SMILES string of the molecule is CCn1c(O)c(C(=O)c2oc3ccc(F)cc3c2C)c(C)c(C#N)c1=O. The van der Waals surface area contributed by atoms with Crippen LogP contribution in [0.3, 0.4) is 0 Å². The first-order valence-corrected chi connectivity index (χ1v) is 7.91. The standard InChI is InChI=1S/C19H15FN2O4/c1-4-22-18(24)13(8-21)9(2)15(19(22)25)16(23)17-10(3)12-7-11(20)5-6-14(12)26-17/h5-7,25H,4H2,1-3H3. The van der Waals surface area contributed by atoms with Crippen LogP contribution in [0.25, 0.3) is 11.0 Å². The van der Waals surface area contributed by atoms with Gasteiger partial charge in [0.2, 0.25) is 11.7 Å². The van der Waals surface area contributed by atoms with Gasteiger partial charge in [-0.05, 0) is 44.5 Å². The maximum atomic E-state index is 13.5. The van der Waals surface area contributed by atoms with Crippen LogP contribution in [0.5, 0.6) is 5.88 Å². The number of nitriles is 1. The van der Waals surface area contributed by atoms with Gasteiger partial charge in [0.1, 0.15) is 23.0 Å². The van der Waals surface area contributed by atoms with E-state index >= 15 is 0 Å². The van der Waals surface area contributed by atoms with Crippen molar-refractivity contribution in [2.45, 2.75) is 27.3 Å². The normalized spacial score (nSPS) is 10.9. The molecule has 6 nitrogen and oxygen atoms in total. The van der Waals surface area contributed by atoms with Crippen LogP contribution in [-0.2, 0) is 6.54 Å². The first kappa shape index (κ1) is 17.4. The molecule has 0 amide bonds. The van der Waals surface area contributed by atoms with E-state index in [0.29, 0.717) is 16.5 Å². The lowest BCUT2D eigenvalue weighted by Gasteiger charge is -2.13. The van der Waals surface area contributed by atoms with Gasteiger partial charge in [0.25, 0.3) is 5.56 Å². The highest BCUT2D eigenvalue weighted by atomic mass is 19.1. The van der Waals surface area contributed by atoms with Crippen LogP contribution in [0.1, 0.15) is 39.7 Å². The lowest BCUT2D eigenvalue weighted by atomic mass is 9.98. The molecule has 0 saturated carbocycles. The molecule has 132 valence electrons. The second-order valence-electron chi connectivity index (χ2n) is 5.89. The van der Waals surface area contributed by atoms with Gasteiger partial charge in [-0.2, -0.15) is 5.26 Å². The Balaban J connectivity index is 2.32. The Labute approximate surface area is 147 Å². The zero-order valence-corrected chi connectivity index (χ0v) is 14.4. The molecular formula is C19H15FN2O4. The summed E-state index contributed by atoms with van der Waals surface area (Å²) in [5.74, 6) is -1.74. The molecular weight excluding hydrogens is 339 g/mol. The molecule has 0 spiro atoms. The Morgan fingerprint density at radius 1 is 1.35 bits per heavy atom. The van der Waals surface area contributed by atoms with Crippen LogP contribution < -0.4 is 5.56 Å². The van der Waals surface area contributed by atoms with Crippen molar-refractivity contribution in [2.24, 2.45) is 0 Å². The average molecular weight is 354 g/mol. The number of aryl methyl sites for hydroxylation is 1. The number of fused-ring (bicyclic) bond motifs is 1. The summed E-state index contributed by atoms with van der Waals surface area (Å²) in [6, 6.07) is 5.67. The highest BCUT2D eigenvalue weighted by Gasteiger charge is 2.28. The quantitative estimate of drug-likeness (QED) is 0.729. The zero-order chi connectivity index (χ0) is 19.2. The monoisotopic (exact) mass is 354 g/mol. The van der Waals surface area contributed by atoms with Gasteiger partial charge in [0.05, 0.1) is 5.56 Å². The van der Waals surface area contributed by atoms with Gasteiger partial charge >= 0.3 is 0 Å². The van der Waals surface area contributed by atoms with E-state index in [0.717, 1.165) is 4.57 Å². The molecule has 0 aliphatic carbocycles. The summed E-state index contributed by atoms with van der Waals surface area (Å²) in [5, 5.41) is 20.1. The molecule has 0 aliphatic rings. The van der Waals surface area contributed by atoms with E-state index in [2.05, 4.69) is 0 Å². The van der Waals surface area contributed by atoms with Crippen molar-refractivity contribution >= 4 is 16.8 Å². The number of benzene rings is 1. The van der Waals surface area contributed by atoms with Crippen LogP contribution in [-0.4, -0.2) is 15.5 Å². The number of aromatic hydroxyl groups is 1. The summed E-state index contributed by atoms with van der Waals surface area (Å²) in [4.78, 5) is 25.3. The lowest BCUT2D eigenvalue weighted by Crippen LogP contribution is -2.26. The largest absolute Gasteiger partial charge is 0.494 e. The Hall–Kier alpha value is -3.40. The molecule has 26 heavy (non-hydrogen) atoms.